The zero-order chi connectivity index (χ0) is 33.3. The van der Waals surface area contributed by atoms with Crippen molar-refractivity contribution in [2.45, 2.75) is 161 Å². The van der Waals surface area contributed by atoms with Gasteiger partial charge in [0, 0.05) is 50.7 Å². The van der Waals surface area contributed by atoms with E-state index in [-0.39, 0.29) is 79.8 Å². The van der Waals surface area contributed by atoms with Crippen LogP contribution in [0.25, 0.3) is 0 Å². The first-order valence-corrected chi connectivity index (χ1v) is 17.9. The lowest BCUT2D eigenvalue weighted by Gasteiger charge is -2.29. The van der Waals surface area contributed by atoms with E-state index in [9.17, 15) is 24.3 Å². The predicted octanol–water partition coefficient (Wildman–Crippen LogP) is 6.29. The average molecular weight is 650 g/mol. The van der Waals surface area contributed by atoms with E-state index in [0.717, 1.165) is 64.2 Å². The van der Waals surface area contributed by atoms with Crippen LogP contribution in [0.1, 0.15) is 130 Å². The molecular formula is C36H59NO9. The zero-order valence-electron chi connectivity index (χ0n) is 28.4. The fourth-order valence-electron chi connectivity index (χ4n) is 6.61. The molecule has 7 atom stereocenters. The first-order valence-electron chi connectivity index (χ1n) is 17.9. The number of ether oxygens (including phenoxy) is 4. The number of unbranched alkanes of at least 4 members (excludes halogenated alkanes) is 3. The highest BCUT2D eigenvalue weighted by molar-refractivity contribution is 5.90. The van der Waals surface area contributed by atoms with Gasteiger partial charge in [-0.3, -0.25) is 14.4 Å². The maximum Gasteiger partial charge on any atom is 0.326 e. The van der Waals surface area contributed by atoms with Gasteiger partial charge in [-0.15, -0.1) is 0 Å². The van der Waals surface area contributed by atoms with Gasteiger partial charge in [-0.25, -0.2) is 4.79 Å². The van der Waals surface area contributed by atoms with Gasteiger partial charge >= 0.3 is 5.97 Å². The fraction of sp³-hybridized carbons (Fsp3) is 0.833. The van der Waals surface area contributed by atoms with E-state index in [1.54, 1.807) is 0 Å². The number of ketones is 2. The Labute approximate surface area is 275 Å². The Bertz CT molecular complexity index is 971. The highest BCUT2D eigenvalue weighted by Gasteiger charge is 2.43. The van der Waals surface area contributed by atoms with Gasteiger partial charge in [0.2, 0.25) is 5.91 Å². The Morgan fingerprint density at radius 1 is 0.978 bits per heavy atom. The summed E-state index contributed by atoms with van der Waals surface area (Å²) in [6.07, 6.45) is 15.2. The number of carboxylic acids is 1. The Morgan fingerprint density at radius 2 is 1.67 bits per heavy atom. The van der Waals surface area contributed by atoms with Crippen molar-refractivity contribution in [3.8, 4) is 0 Å². The highest BCUT2D eigenvalue weighted by atomic mass is 16.7. The smallest absolute Gasteiger partial charge is 0.326 e. The topological polar surface area (TPSA) is 137 Å². The minimum Gasteiger partial charge on any atom is -0.480 e. The lowest BCUT2D eigenvalue weighted by atomic mass is 9.87. The van der Waals surface area contributed by atoms with Gasteiger partial charge in [-0.05, 0) is 70.1 Å². The van der Waals surface area contributed by atoms with E-state index in [4.69, 9.17) is 18.9 Å². The summed E-state index contributed by atoms with van der Waals surface area (Å²) in [5.74, 6) is -1.94. The van der Waals surface area contributed by atoms with Crippen molar-refractivity contribution >= 4 is 23.4 Å². The maximum atomic E-state index is 13.3. The number of carbonyl (C=O) groups is 4. The maximum absolute atomic E-state index is 13.3. The van der Waals surface area contributed by atoms with Gasteiger partial charge in [-0.1, -0.05) is 52.2 Å². The van der Waals surface area contributed by atoms with Crippen LogP contribution < -0.4 is 5.32 Å². The monoisotopic (exact) mass is 649 g/mol. The van der Waals surface area contributed by atoms with E-state index >= 15 is 0 Å². The van der Waals surface area contributed by atoms with Crippen LogP contribution in [-0.2, 0) is 38.1 Å². The molecule has 1 amide bonds. The van der Waals surface area contributed by atoms with Crippen molar-refractivity contribution in [2.75, 3.05) is 13.2 Å². The van der Waals surface area contributed by atoms with Crippen LogP contribution in [0, 0.1) is 17.8 Å². The molecule has 46 heavy (non-hydrogen) atoms. The summed E-state index contributed by atoms with van der Waals surface area (Å²) < 4.78 is 24.4. The van der Waals surface area contributed by atoms with E-state index in [1.165, 1.54) is 0 Å². The predicted molar refractivity (Wildman–Crippen MR) is 174 cm³/mol. The largest absolute Gasteiger partial charge is 0.480 e. The number of rotatable bonds is 21. The summed E-state index contributed by atoms with van der Waals surface area (Å²) in [7, 11) is 0. The van der Waals surface area contributed by atoms with Crippen molar-refractivity contribution < 1.29 is 43.2 Å². The summed E-state index contributed by atoms with van der Waals surface area (Å²) in [4.78, 5) is 50.3. The number of amides is 1. The molecule has 2 N–H and O–H groups in total. The SMILES string of the molecule is CCCCC[C@H](C=C[C@H]1[C@H](OC2CCCCO2)CC(=O)[C@@H]1CC(=O)CCCCC(=O)N[C@@H](CC(C)C)C(=O)O)OC1CCCCO1. The molecule has 0 bridgehead atoms. The van der Waals surface area contributed by atoms with Crippen molar-refractivity contribution in [2.24, 2.45) is 17.8 Å². The lowest BCUT2D eigenvalue weighted by molar-refractivity contribution is -0.192. The van der Waals surface area contributed by atoms with Crippen molar-refractivity contribution in [1.29, 1.82) is 0 Å². The molecule has 3 aliphatic rings. The molecule has 0 aromatic carbocycles. The Morgan fingerprint density at radius 3 is 2.30 bits per heavy atom. The number of carbonyl (C=O) groups excluding carboxylic acids is 3. The van der Waals surface area contributed by atoms with Gasteiger partial charge in [0.15, 0.2) is 12.6 Å². The summed E-state index contributed by atoms with van der Waals surface area (Å²) in [5.41, 5.74) is 0. The molecule has 2 heterocycles. The van der Waals surface area contributed by atoms with Crippen LogP contribution in [0.2, 0.25) is 0 Å². The van der Waals surface area contributed by atoms with E-state index < -0.39 is 17.9 Å². The molecule has 2 aliphatic heterocycles. The lowest BCUT2D eigenvalue weighted by Crippen LogP contribution is -2.41. The Kier molecular flexibility index (Phi) is 17.5. The molecule has 2 unspecified atom stereocenters. The Hall–Kier alpha value is -2.14. The molecule has 1 aliphatic carbocycles. The van der Waals surface area contributed by atoms with Crippen LogP contribution in [0.4, 0.5) is 0 Å². The molecular weight excluding hydrogens is 590 g/mol. The second-order valence-corrected chi connectivity index (χ2v) is 13.7. The summed E-state index contributed by atoms with van der Waals surface area (Å²) >= 11 is 0. The van der Waals surface area contributed by atoms with E-state index in [1.807, 2.05) is 13.8 Å². The third-order valence-corrected chi connectivity index (χ3v) is 9.18. The number of Topliss-reactive ketones (excluding diaryl/α,β-unsaturated/α-hetero) is 2. The molecule has 0 spiro atoms. The highest BCUT2D eigenvalue weighted by Crippen LogP contribution is 2.37. The van der Waals surface area contributed by atoms with Gasteiger partial charge in [0.1, 0.15) is 17.6 Å². The molecule has 0 aromatic heterocycles. The van der Waals surface area contributed by atoms with Crippen LogP contribution in [-0.4, -0.2) is 72.6 Å². The molecule has 10 heteroatoms. The number of carboxylic acid groups (broad SMARTS) is 1. The summed E-state index contributed by atoms with van der Waals surface area (Å²) in [6.45, 7) is 7.35. The quantitative estimate of drug-likeness (QED) is 0.109. The second kappa shape index (κ2) is 21.0. The number of aliphatic carboxylic acids is 1. The molecule has 262 valence electrons. The molecule has 3 rings (SSSR count). The van der Waals surface area contributed by atoms with Gasteiger partial charge in [0.25, 0.3) is 0 Å². The molecule has 1 saturated carbocycles. The third-order valence-electron chi connectivity index (χ3n) is 9.18. The van der Waals surface area contributed by atoms with Gasteiger partial charge < -0.3 is 29.4 Å². The number of hydrogen-bond donors (Lipinski definition) is 2. The van der Waals surface area contributed by atoms with Crippen molar-refractivity contribution in [1.82, 2.24) is 5.32 Å². The van der Waals surface area contributed by atoms with E-state index in [0.29, 0.717) is 32.5 Å². The normalized spacial score (nSPS) is 26.8. The van der Waals surface area contributed by atoms with Crippen LogP contribution in [0.3, 0.4) is 0 Å². The molecule has 0 radical (unpaired) electrons. The Balaban J connectivity index is 1.60. The second-order valence-electron chi connectivity index (χ2n) is 13.7. The first-order chi connectivity index (χ1) is 22.2. The van der Waals surface area contributed by atoms with Gasteiger partial charge in [0.05, 0.1) is 12.2 Å². The zero-order valence-corrected chi connectivity index (χ0v) is 28.4. The van der Waals surface area contributed by atoms with Crippen molar-refractivity contribution in [3.05, 3.63) is 12.2 Å². The molecule has 0 aromatic rings. The molecule has 3 fully saturated rings. The van der Waals surface area contributed by atoms with E-state index in [2.05, 4.69) is 24.4 Å². The standard InChI is InChI=1S/C36H59NO9/c1-4-5-6-14-27(45-34-16-9-11-20-43-34)18-19-28-29(31(39)24-32(28)46-35-17-10-12-21-44-35)23-26(38)13-7-8-15-33(40)37-30(36(41)42)22-25(2)3/h18-19,25,27-30,32,34-35H,4-17,20-24H2,1-3H3,(H,37,40)(H,41,42)/t27-,28-,29-,30+,32-,34?,35?/m1/s1. The fourth-order valence-corrected chi connectivity index (χ4v) is 6.61. The van der Waals surface area contributed by atoms with Crippen molar-refractivity contribution in [3.63, 3.8) is 0 Å². The minimum absolute atomic E-state index is 0.0127. The first kappa shape index (κ1) is 38.3. The third kappa shape index (κ3) is 13.9. The molecule has 10 nitrogen and oxygen atoms in total. The number of hydrogen-bond acceptors (Lipinski definition) is 8. The number of nitrogens with one attached hydrogen (secondary N) is 1. The summed E-state index contributed by atoms with van der Waals surface area (Å²) in [6, 6.07) is -0.909. The van der Waals surface area contributed by atoms with Gasteiger partial charge in [-0.2, -0.15) is 0 Å². The summed E-state index contributed by atoms with van der Waals surface area (Å²) in [5, 5.41) is 12.0. The van der Waals surface area contributed by atoms with Crippen LogP contribution in [0.15, 0.2) is 12.2 Å². The minimum atomic E-state index is -1.04. The molecule has 2 saturated heterocycles. The average Bonchev–Trinajstić information content (AvgIpc) is 3.31. The van der Waals surface area contributed by atoms with Crippen LogP contribution >= 0.6 is 0 Å². The van der Waals surface area contributed by atoms with Crippen LogP contribution in [0.5, 0.6) is 0 Å².